The minimum absolute atomic E-state index is 0.0685. The highest BCUT2D eigenvalue weighted by molar-refractivity contribution is 6.35. The standard InChI is InChI=1S/C12H5Cl2F4N/c13-5-1-4(2-6(14)3-5)7-8(15)10(17)12(19)11(18)9(7)16/h1-3H,19H2. The van der Waals surface area contributed by atoms with Crippen LogP contribution in [0.1, 0.15) is 0 Å². The van der Waals surface area contributed by atoms with Crippen LogP contribution in [0.5, 0.6) is 0 Å². The number of anilines is 1. The second-order valence-corrected chi connectivity index (χ2v) is 4.58. The van der Waals surface area contributed by atoms with Gasteiger partial charge in [-0.25, -0.2) is 17.6 Å². The first kappa shape index (κ1) is 14.0. The molecule has 2 aromatic carbocycles. The normalized spacial score (nSPS) is 10.8. The van der Waals surface area contributed by atoms with Gasteiger partial charge in [0.05, 0.1) is 5.56 Å². The lowest BCUT2D eigenvalue weighted by Crippen LogP contribution is -2.05. The fourth-order valence-corrected chi connectivity index (χ4v) is 2.13. The Kier molecular flexibility index (Phi) is 3.60. The first-order valence-electron chi connectivity index (χ1n) is 4.90. The van der Waals surface area contributed by atoms with E-state index in [0.29, 0.717) is 0 Å². The molecule has 1 nitrogen and oxygen atoms in total. The van der Waals surface area contributed by atoms with Crippen molar-refractivity contribution in [1.29, 1.82) is 0 Å². The Morgan fingerprint density at radius 2 is 1.16 bits per heavy atom. The third-order valence-electron chi connectivity index (χ3n) is 2.45. The van der Waals surface area contributed by atoms with Gasteiger partial charge in [0.25, 0.3) is 0 Å². The molecule has 100 valence electrons. The van der Waals surface area contributed by atoms with Crippen LogP contribution in [0, 0.1) is 23.3 Å². The summed E-state index contributed by atoms with van der Waals surface area (Å²) in [6, 6.07) is 3.57. The molecule has 0 aromatic heterocycles. The van der Waals surface area contributed by atoms with Gasteiger partial charge in [-0.1, -0.05) is 23.2 Å². The summed E-state index contributed by atoms with van der Waals surface area (Å²) in [5, 5.41) is 0.137. The van der Waals surface area contributed by atoms with Crippen molar-refractivity contribution in [1.82, 2.24) is 0 Å². The van der Waals surface area contributed by atoms with E-state index in [1.807, 2.05) is 0 Å². The van der Waals surface area contributed by atoms with Crippen molar-refractivity contribution in [2.75, 3.05) is 5.73 Å². The van der Waals surface area contributed by atoms with E-state index < -0.39 is 34.5 Å². The molecular weight excluding hydrogens is 305 g/mol. The van der Waals surface area contributed by atoms with Crippen molar-refractivity contribution < 1.29 is 17.6 Å². The van der Waals surface area contributed by atoms with E-state index in [4.69, 9.17) is 28.9 Å². The SMILES string of the molecule is Nc1c(F)c(F)c(-c2cc(Cl)cc(Cl)c2)c(F)c1F. The molecule has 0 spiro atoms. The van der Waals surface area contributed by atoms with Gasteiger partial charge in [0.2, 0.25) is 0 Å². The predicted octanol–water partition coefficient (Wildman–Crippen LogP) is 4.80. The van der Waals surface area contributed by atoms with E-state index in [-0.39, 0.29) is 15.6 Å². The Labute approximate surface area is 115 Å². The molecule has 2 aromatic rings. The van der Waals surface area contributed by atoms with Crippen molar-refractivity contribution in [3.63, 3.8) is 0 Å². The molecule has 0 fully saturated rings. The third kappa shape index (κ3) is 2.35. The first-order chi connectivity index (χ1) is 8.82. The minimum Gasteiger partial charge on any atom is -0.394 e. The van der Waals surface area contributed by atoms with E-state index in [1.54, 1.807) is 0 Å². The molecule has 0 saturated heterocycles. The Morgan fingerprint density at radius 1 is 0.737 bits per heavy atom. The molecular formula is C12H5Cl2F4N. The number of hydrogen-bond donors (Lipinski definition) is 1. The van der Waals surface area contributed by atoms with E-state index in [1.165, 1.54) is 6.07 Å². The summed E-state index contributed by atoms with van der Waals surface area (Å²) in [6.45, 7) is 0. The lowest BCUT2D eigenvalue weighted by atomic mass is 10.0. The van der Waals surface area contributed by atoms with E-state index in [9.17, 15) is 17.6 Å². The van der Waals surface area contributed by atoms with Crippen LogP contribution >= 0.6 is 23.2 Å². The second kappa shape index (κ2) is 4.90. The fraction of sp³-hybridized carbons (Fsp3) is 0. The van der Waals surface area contributed by atoms with Crippen LogP contribution in [0.3, 0.4) is 0 Å². The highest BCUT2D eigenvalue weighted by atomic mass is 35.5. The maximum absolute atomic E-state index is 13.7. The minimum atomic E-state index is -1.66. The number of nitrogens with two attached hydrogens (primary N) is 1. The zero-order valence-electron chi connectivity index (χ0n) is 9.08. The van der Waals surface area contributed by atoms with Crippen molar-refractivity contribution >= 4 is 28.9 Å². The lowest BCUT2D eigenvalue weighted by molar-refractivity contribution is 0.464. The topological polar surface area (TPSA) is 26.0 Å². The highest BCUT2D eigenvalue weighted by Gasteiger charge is 2.25. The first-order valence-corrected chi connectivity index (χ1v) is 5.66. The van der Waals surface area contributed by atoms with Gasteiger partial charge in [-0.05, 0) is 23.8 Å². The lowest BCUT2D eigenvalue weighted by Gasteiger charge is -2.10. The summed E-state index contributed by atoms with van der Waals surface area (Å²) in [4.78, 5) is 0. The maximum Gasteiger partial charge on any atom is 0.185 e. The summed E-state index contributed by atoms with van der Waals surface area (Å²) in [5.74, 6) is -6.53. The van der Waals surface area contributed by atoms with Gasteiger partial charge in [0.15, 0.2) is 23.3 Å². The second-order valence-electron chi connectivity index (χ2n) is 3.70. The van der Waals surface area contributed by atoms with Gasteiger partial charge in [-0.15, -0.1) is 0 Å². The summed E-state index contributed by atoms with van der Waals surface area (Å²) in [7, 11) is 0. The molecule has 0 radical (unpaired) electrons. The quantitative estimate of drug-likeness (QED) is 0.457. The third-order valence-corrected chi connectivity index (χ3v) is 2.88. The van der Waals surface area contributed by atoms with Gasteiger partial charge in [0.1, 0.15) is 5.69 Å². The van der Waals surface area contributed by atoms with Crippen molar-refractivity contribution in [2.45, 2.75) is 0 Å². The molecule has 0 aliphatic rings. The summed E-state index contributed by atoms with van der Waals surface area (Å²) in [5.41, 5.74) is 2.59. The number of halogens is 6. The zero-order valence-corrected chi connectivity index (χ0v) is 10.6. The molecule has 0 bridgehead atoms. The zero-order chi connectivity index (χ0) is 14.3. The molecule has 0 atom stereocenters. The van der Waals surface area contributed by atoms with E-state index in [2.05, 4.69) is 0 Å². The van der Waals surface area contributed by atoms with Crippen molar-refractivity contribution in [2.24, 2.45) is 0 Å². The number of rotatable bonds is 1. The highest BCUT2D eigenvalue weighted by Crippen LogP contribution is 2.35. The van der Waals surface area contributed by atoms with Crippen LogP contribution in [0.4, 0.5) is 23.2 Å². The van der Waals surface area contributed by atoms with Gasteiger partial charge in [0, 0.05) is 10.0 Å². The molecule has 0 aliphatic heterocycles. The number of benzene rings is 2. The molecule has 2 rings (SSSR count). The molecule has 0 unspecified atom stereocenters. The Hall–Kier alpha value is -1.46. The Morgan fingerprint density at radius 3 is 1.58 bits per heavy atom. The van der Waals surface area contributed by atoms with Gasteiger partial charge >= 0.3 is 0 Å². The van der Waals surface area contributed by atoms with Crippen molar-refractivity contribution in [3.8, 4) is 11.1 Å². The molecule has 19 heavy (non-hydrogen) atoms. The number of nitrogen functional groups attached to an aromatic ring is 1. The van der Waals surface area contributed by atoms with Crippen LogP contribution in [-0.4, -0.2) is 0 Å². The summed E-state index contributed by atoms with van der Waals surface area (Å²) >= 11 is 11.3. The molecule has 0 heterocycles. The van der Waals surface area contributed by atoms with Crippen LogP contribution in [-0.2, 0) is 0 Å². The molecule has 0 amide bonds. The Balaban J connectivity index is 2.82. The maximum atomic E-state index is 13.7. The molecule has 2 N–H and O–H groups in total. The average molecular weight is 310 g/mol. The van der Waals surface area contributed by atoms with Crippen LogP contribution in [0.2, 0.25) is 10.0 Å². The van der Waals surface area contributed by atoms with Gasteiger partial charge in [-0.3, -0.25) is 0 Å². The summed E-state index contributed by atoms with van der Waals surface area (Å²) in [6.07, 6.45) is 0. The monoisotopic (exact) mass is 309 g/mol. The fourth-order valence-electron chi connectivity index (χ4n) is 1.60. The molecule has 7 heteroatoms. The molecule has 0 saturated carbocycles. The number of hydrogen-bond acceptors (Lipinski definition) is 1. The van der Waals surface area contributed by atoms with Crippen LogP contribution in [0.15, 0.2) is 18.2 Å². The van der Waals surface area contributed by atoms with Crippen molar-refractivity contribution in [3.05, 3.63) is 51.5 Å². The van der Waals surface area contributed by atoms with E-state index in [0.717, 1.165) is 12.1 Å². The van der Waals surface area contributed by atoms with E-state index >= 15 is 0 Å². The Bertz CT molecular complexity index is 624. The average Bonchev–Trinajstić information content (AvgIpc) is 2.33. The molecule has 0 aliphatic carbocycles. The van der Waals surface area contributed by atoms with Gasteiger partial charge in [-0.2, -0.15) is 0 Å². The smallest absolute Gasteiger partial charge is 0.185 e. The van der Waals surface area contributed by atoms with Crippen LogP contribution < -0.4 is 5.73 Å². The predicted molar refractivity (Wildman–Crippen MR) is 66.1 cm³/mol. The summed E-state index contributed by atoms with van der Waals surface area (Å²) < 4.78 is 54.1. The van der Waals surface area contributed by atoms with Crippen LogP contribution in [0.25, 0.3) is 11.1 Å². The van der Waals surface area contributed by atoms with Gasteiger partial charge < -0.3 is 5.73 Å². The largest absolute Gasteiger partial charge is 0.394 e.